The minimum atomic E-state index is -3.75. The van der Waals surface area contributed by atoms with Crippen LogP contribution in [0.4, 0.5) is 5.69 Å². The summed E-state index contributed by atoms with van der Waals surface area (Å²) >= 11 is 0. The average Bonchev–Trinajstić information content (AvgIpc) is 2.73. The van der Waals surface area contributed by atoms with E-state index >= 15 is 0 Å². The summed E-state index contributed by atoms with van der Waals surface area (Å²) in [6.45, 7) is 3.49. The Morgan fingerprint density at radius 3 is 2.60 bits per heavy atom. The molecule has 0 saturated heterocycles. The molecular weight excluding hydrogens is 276 g/mol. The van der Waals surface area contributed by atoms with Gasteiger partial charge >= 0.3 is 0 Å². The van der Waals surface area contributed by atoms with Crippen LogP contribution in [0.5, 0.6) is 0 Å². The zero-order chi connectivity index (χ0) is 14.9. The van der Waals surface area contributed by atoms with Crippen LogP contribution in [0.2, 0.25) is 0 Å². The molecular formula is C13H14N4O2S. The Bertz CT molecular complexity index is 781. The summed E-state index contributed by atoms with van der Waals surface area (Å²) in [4.78, 5) is 4.00. The van der Waals surface area contributed by atoms with Crippen molar-refractivity contribution in [3.63, 3.8) is 0 Å². The van der Waals surface area contributed by atoms with Gasteiger partial charge < -0.3 is 4.57 Å². The number of benzene rings is 1. The lowest BCUT2D eigenvalue weighted by atomic mass is 10.1. The Labute approximate surface area is 117 Å². The van der Waals surface area contributed by atoms with Gasteiger partial charge in [-0.25, -0.2) is 4.98 Å². The first-order chi connectivity index (χ1) is 9.33. The number of nitriles is 1. The Balaban J connectivity index is 2.41. The molecule has 0 bridgehead atoms. The van der Waals surface area contributed by atoms with Crippen LogP contribution in [0.25, 0.3) is 0 Å². The standard InChI is InChI=1S/C13H14N4O2S/c1-9-4-5-11(7-14)6-12(9)16-20(18,19)13-8-17(3)10(2)15-13/h4-6,8,16H,1-3H3. The van der Waals surface area contributed by atoms with Crippen molar-refractivity contribution in [2.75, 3.05) is 4.72 Å². The summed E-state index contributed by atoms with van der Waals surface area (Å²) in [7, 11) is -2.03. The van der Waals surface area contributed by atoms with Crippen molar-refractivity contribution in [1.82, 2.24) is 9.55 Å². The van der Waals surface area contributed by atoms with Gasteiger partial charge in [0.05, 0.1) is 17.3 Å². The van der Waals surface area contributed by atoms with E-state index in [2.05, 4.69) is 9.71 Å². The first kappa shape index (κ1) is 14.1. The molecule has 0 saturated carbocycles. The highest BCUT2D eigenvalue weighted by molar-refractivity contribution is 7.92. The van der Waals surface area contributed by atoms with Crippen LogP contribution in [0.15, 0.2) is 29.4 Å². The summed E-state index contributed by atoms with van der Waals surface area (Å²) in [5.74, 6) is 0.605. The number of aromatic nitrogens is 2. The van der Waals surface area contributed by atoms with Crippen molar-refractivity contribution in [1.29, 1.82) is 5.26 Å². The van der Waals surface area contributed by atoms with E-state index in [1.54, 1.807) is 37.6 Å². The smallest absolute Gasteiger partial charge is 0.280 e. The number of aryl methyl sites for hydroxylation is 3. The van der Waals surface area contributed by atoms with Crippen LogP contribution in [-0.4, -0.2) is 18.0 Å². The van der Waals surface area contributed by atoms with Gasteiger partial charge in [0, 0.05) is 13.2 Å². The van der Waals surface area contributed by atoms with Crippen molar-refractivity contribution < 1.29 is 8.42 Å². The maximum Gasteiger partial charge on any atom is 0.280 e. The van der Waals surface area contributed by atoms with Crippen LogP contribution in [-0.2, 0) is 17.1 Å². The van der Waals surface area contributed by atoms with E-state index in [1.807, 2.05) is 6.07 Å². The van der Waals surface area contributed by atoms with Crippen LogP contribution in [0.1, 0.15) is 17.0 Å². The Kier molecular flexibility index (Phi) is 3.51. The summed E-state index contributed by atoms with van der Waals surface area (Å²) in [6.07, 6.45) is 1.45. The zero-order valence-corrected chi connectivity index (χ0v) is 12.2. The van der Waals surface area contributed by atoms with E-state index in [1.165, 1.54) is 12.3 Å². The second kappa shape index (κ2) is 4.98. The predicted octanol–water partition coefficient (Wildman–Crippen LogP) is 1.71. The molecule has 0 amide bonds. The highest BCUT2D eigenvalue weighted by atomic mass is 32.2. The fourth-order valence-corrected chi connectivity index (χ4v) is 2.82. The van der Waals surface area contributed by atoms with Gasteiger partial charge in [-0.05, 0) is 31.5 Å². The van der Waals surface area contributed by atoms with Crippen LogP contribution in [0, 0.1) is 25.2 Å². The second-order valence-corrected chi connectivity index (χ2v) is 6.11. The van der Waals surface area contributed by atoms with Gasteiger partial charge in [-0.3, -0.25) is 4.72 Å². The zero-order valence-electron chi connectivity index (χ0n) is 11.4. The molecule has 20 heavy (non-hydrogen) atoms. The van der Waals surface area contributed by atoms with E-state index in [0.29, 0.717) is 17.1 Å². The topological polar surface area (TPSA) is 87.8 Å². The highest BCUT2D eigenvalue weighted by Crippen LogP contribution is 2.20. The van der Waals surface area contributed by atoms with Crippen LogP contribution < -0.4 is 4.72 Å². The molecule has 0 aliphatic rings. The fourth-order valence-electron chi connectivity index (χ4n) is 1.65. The molecule has 1 aromatic carbocycles. The SMILES string of the molecule is Cc1ccc(C#N)cc1NS(=O)(=O)c1cn(C)c(C)n1. The molecule has 2 aromatic rings. The molecule has 0 unspecified atom stereocenters. The molecule has 1 aromatic heterocycles. The van der Waals surface area contributed by atoms with Crippen LogP contribution in [0.3, 0.4) is 0 Å². The Morgan fingerprint density at radius 2 is 2.05 bits per heavy atom. The number of hydrogen-bond donors (Lipinski definition) is 1. The van der Waals surface area contributed by atoms with Gasteiger partial charge in [-0.1, -0.05) is 6.07 Å². The van der Waals surface area contributed by atoms with Crippen LogP contribution >= 0.6 is 0 Å². The second-order valence-electron chi connectivity index (χ2n) is 4.48. The number of sulfonamides is 1. The number of nitrogens with zero attached hydrogens (tertiary/aromatic N) is 3. The molecule has 104 valence electrons. The number of anilines is 1. The summed E-state index contributed by atoms with van der Waals surface area (Å²) in [5, 5.41) is 8.82. The van der Waals surface area contributed by atoms with Crippen molar-refractivity contribution in [2.24, 2.45) is 7.05 Å². The highest BCUT2D eigenvalue weighted by Gasteiger charge is 2.19. The van der Waals surface area contributed by atoms with E-state index in [4.69, 9.17) is 5.26 Å². The summed E-state index contributed by atoms with van der Waals surface area (Å²) in [6, 6.07) is 6.81. The van der Waals surface area contributed by atoms with Crippen molar-refractivity contribution in [3.8, 4) is 6.07 Å². The van der Waals surface area contributed by atoms with Gasteiger partial charge in [0.25, 0.3) is 10.0 Å². The number of rotatable bonds is 3. The number of imidazole rings is 1. The van der Waals surface area contributed by atoms with Crippen molar-refractivity contribution >= 4 is 15.7 Å². The maximum atomic E-state index is 12.2. The van der Waals surface area contributed by atoms with E-state index in [-0.39, 0.29) is 5.03 Å². The largest absolute Gasteiger partial charge is 0.337 e. The first-order valence-electron chi connectivity index (χ1n) is 5.87. The van der Waals surface area contributed by atoms with E-state index < -0.39 is 10.0 Å². The monoisotopic (exact) mass is 290 g/mol. The van der Waals surface area contributed by atoms with E-state index in [9.17, 15) is 8.42 Å². The maximum absolute atomic E-state index is 12.2. The Morgan fingerprint density at radius 1 is 1.35 bits per heavy atom. The third-order valence-electron chi connectivity index (χ3n) is 2.97. The van der Waals surface area contributed by atoms with Gasteiger partial charge in [0.15, 0.2) is 5.03 Å². The van der Waals surface area contributed by atoms with Gasteiger partial charge in [0.1, 0.15) is 5.82 Å². The minimum absolute atomic E-state index is 0.0424. The number of hydrogen-bond acceptors (Lipinski definition) is 4. The molecule has 6 nitrogen and oxygen atoms in total. The molecule has 1 N–H and O–H groups in total. The lowest BCUT2D eigenvalue weighted by Gasteiger charge is -2.09. The molecule has 0 atom stereocenters. The Hall–Kier alpha value is -2.33. The summed E-state index contributed by atoms with van der Waals surface area (Å²) < 4.78 is 28.6. The van der Waals surface area contributed by atoms with Gasteiger partial charge in [0.2, 0.25) is 0 Å². The molecule has 1 heterocycles. The normalized spacial score (nSPS) is 11.1. The fraction of sp³-hybridized carbons (Fsp3) is 0.231. The first-order valence-corrected chi connectivity index (χ1v) is 7.35. The quantitative estimate of drug-likeness (QED) is 0.932. The lowest BCUT2D eigenvalue weighted by molar-refractivity contribution is 0.598. The lowest BCUT2D eigenvalue weighted by Crippen LogP contribution is -2.14. The average molecular weight is 290 g/mol. The third kappa shape index (κ3) is 2.65. The molecule has 0 spiro atoms. The third-order valence-corrected chi connectivity index (χ3v) is 4.21. The van der Waals surface area contributed by atoms with E-state index in [0.717, 1.165) is 5.56 Å². The molecule has 0 aliphatic heterocycles. The number of nitrogens with one attached hydrogen (secondary N) is 1. The van der Waals surface area contributed by atoms with Crippen molar-refractivity contribution in [2.45, 2.75) is 18.9 Å². The van der Waals surface area contributed by atoms with Crippen molar-refractivity contribution in [3.05, 3.63) is 41.3 Å². The molecule has 2 rings (SSSR count). The minimum Gasteiger partial charge on any atom is -0.337 e. The molecule has 0 fully saturated rings. The molecule has 0 radical (unpaired) electrons. The molecule has 0 aliphatic carbocycles. The van der Waals surface area contributed by atoms with Gasteiger partial charge in [-0.2, -0.15) is 13.7 Å². The van der Waals surface area contributed by atoms with Gasteiger partial charge in [-0.15, -0.1) is 0 Å². The predicted molar refractivity (Wildman–Crippen MR) is 74.6 cm³/mol. The summed E-state index contributed by atoms with van der Waals surface area (Å²) in [5.41, 5.74) is 1.51. The molecule has 7 heteroatoms.